The van der Waals surface area contributed by atoms with Crippen LogP contribution in [-0.4, -0.2) is 31.1 Å². The van der Waals surface area contributed by atoms with E-state index in [-0.39, 0.29) is 6.04 Å². The summed E-state index contributed by atoms with van der Waals surface area (Å²) in [4.78, 5) is 9.83. The van der Waals surface area contributed by atoms with E-state index in [1.165, 1.54) is 43.5 Å². The normalized spacial score (nSPS) is 20.4. The van der Waals surface area contributed by atoms with E-state index in [1.54, 1.807) is 12.3 Å². The molecule has 0 spiro atoms. The van der Waals surface area contributed by atoms with Crippen molar-refractivity contribution >= 4 is 34.7 Å². The molecule has 5 rings (SSSR count). The van der Waals surface area contributed by atoms with Crippen LogP contribution in [0.4, 0.5) is 30.8 Å². The average molecular weight is 543 g/mol. The van der Waals surface area contributed by atoms with E-state index in [0.717, 1.165) is 48.9 Å². The van der Waals surface area contributed by atoms with Gasteiger partial charge in [0.2, 0.25) is 5.95 Å². The Labute approximate surface area is 226 Å². The minimum atomic E-state index is -4.33. The second-order valence-electron chi connectivity index (χ2n) is 10.6. The van der Waals surface area contributed by atoms with Crippen molar-refractivity contribution in [1.82, 2.24) is 20.2 Å². The number of hydrogen-bond acceptors (Lipinski definition) is 6. The molecule has 2 heterocycles. The lowest BCUT2D eigenvalue weighted by Gasteiger charge is -2.29. The van der Waals surface area contributed by atoms with Gasteiger partial charge in [0.25, 0.3) is 0 Å². The van der Waals surface area contributed by atoms with Crippen LogP contribution in [0.15, 0.2) is 42.6 Å². The van der Waals surface area contributed by atoms with Gasteiger partial charge in [-0.15, -0.1) is 0 Å². The van der Waals surface area contributed by atoms with Gasteiger partial charge in [-0.1, -0.05) is 43.3 Å². The third-order valence-corrected chi connectivity index (χ3v) is 7.97. The molecule has 0 aliphatic heterocycles. The Balaban J connectivity index is 1.08. The zero-order chi connectivity index (χ0) is 26.5. The molecule has 0 unspecified atom stereocenters. The summed E-state index contributed by atoms with van der Waals surface area (Å²) in [5, 5.41) is 14.3. The first-order chi connectivity index (χ1) is 18.3. The Bertz CT molecular complexity index is 1230. The molecule has 2 fully saturated rings. The van der Waals surface area contributed by atoms with Crippen molar-refractivity contribution < 1.29 is 13.2 Å². The van der Waals surface area contributed by atoms with Gasteiger partial charge in [0.1, 0.15) is 5.82 Å². The highest BCUT2D eigenvalue weighted by Crippen LogP contribution is 2.34. The van der Waals surface area contributed by atoms with E-state index in [2.05, 4.69) is 36.9 Å². The number of nitrogens with zero attached hydrogens (tertiary/aromatic N) is 3. The summed E-state index contributed by atoms with van der Waals surface area (Å²) >= 11 is 5.56. The fraction of sp³-hybridized carbons (Fsp3) is 0.500. The van der Waals surface area contributed by atoms with Crippen LogP contribution in [0.2, 0.25) is 0 Å². The van der Waals surface area contributed by atoms with Crippen molar-refractivity contribution in [3.05, 3.63) is 59.4 Å². The molecule has 0 saturated heterocycles. The molecule has 10 heteroatoms. The zero-order valence-electron chi connectivity index (χ0n) is 21.2. The fourth-order valence-electron chi connectivity index (χ4n) is 5.65. The van der Waals surface area contributed by atoms with Gasteiger partial charge in [0, 0.05) is 36.3 Å². The first-order valence-corrected chi connectivity index (χ1v) is 13.8. The van der Waals surface area contributed by atoms with Crippen molar-refractivity contribution in [2.24, 2.45) is 5.92 Å². The van der Waals surface area contributed by atoms with Gasteiger partial charge in [0.15, 0.2) is 5.82 Å². The molecule has 6 nitrogen and oxygen atoms in total. The SMILES string of the molecule is FC(F)(F)c1cccc(CC(=S)CC2CCC(Nc3nccc(Nc4cc(C5CCCC5)[nH]n4)n3)CC2)c1. The molecule has 0 radical (unpaired) electrons. The number of anilines is 3. The zero-order valence-corrected chi connectivity index (χ0v) is 22.0. The molecule has 2 saturated carbocycles. The second kappa shape index (κ2) is 11.8. The number of aromatic nitrogens is 4. The molecule has 3 N–H and O–H groups in total. The number of hydrogen-bond donors (Lipinski definition) is 3. The Kier molecular flexibility index (Phi) is 8.26. The molecular formula is C28H33F3N6S. The van der Waals surface area contributed by atoms with Crippen LogP contribution in [0.3, 0.4) is 0 Å². The molecule has 2 aliphatic rings. The molecule has 2 aliphatic carbocycles. The smallest absolute Gasteiger partial charge is 0.351 e. The maximum Gasteiger partial charge on any atom is 0.416 e. The number of rotatable bonds is 9. The highest BCUT2D eigenvalue weighted by Gasteiger charge is 2.30. The van der Waals surface area contributed by atoms with Gasteiger partial charge in [-0.25, -0.2) is 4.98 Å². The van der Waals surface area contributed by atoms with Crippen LogP contribution in [0.5, 0.6) is 0 Å². The molecule has 0 amide bonds. The monoisotopic (exact) mass is 542 g/mol. The number of halogens is 3. The lowest BCUT2D eigenvalue weighted by molar-refractivity contribution is -0.137. The third kappa shape index (κ3) is 7.09. The maximum atomic E-state index is 13.0. The quantitative estimate of drug-likeness (QED) is 0.242. The van der Waals surface area contributed by atoms with Gasteiger partial charge in [-0.2, -0.15) is 23.3 Å². The Morgan fingerprint density at radius 3 is 2.55 bits per heavy atom. The number of thiocarbonyl (C=S) groups is 1. The van der Waals surface area contributed by atoms with Crippen molar-refractivity contribution in [1.29, 1.82) is 0 Å². The molecule has 38 heavy (non-hydrogen) atoms. The van der Waals surface area contributed by atoms with Crippen LogP contribution in [0, 0.1) is 5.92 Å². The van der Waals surface area contributed by atoms with E-state index in [1.807, 2.05) is 6.07 Å². The standard InChI is InChI=1S/C28H33F3N6S/c29-28(30,31)21-7-3-4-19(14-21)16-23(38)15-18-8-10-22(11-9-18)33-27-32-13-12-25(35-27)34-26-17-24(36-37-26)20-5-1-2-6-20/h3-4,7,12-14,17-18,20,22H,1-2,5-6,8-11,15-16H2,(H3,32,33,34,35,36,37). The van der Waals surface area contributed by atoms with E-state index in [9.17, 15) is 13.2 Å². The van der Waals surface area contributed by atoms with Crippen LogP contribution in [-0.2, 0) is 12.6 Å². The minimum Gasteiger partial charge on any atom is -0.351 e. The van der Waals surface area contributed by atoms with Gasteiger partial charge in [-0.3, -0.25) is 5.10 Å². The Morgan fingerprint density at radius 1 is 1.00 bits per heavy atom. The Morgan fingerprint density at radius 2 is 1.79 bits per heavy atom. The molecule has 2 aromatic heterocycles. The Hall–Kier alpha value is -3.01. The molecule has 1 aromatic carbocycles. The second-order valence-corrected chi connectivity index (χ2v) is 11.1. The predicted molar refractivity (Wildman–Crippen MR) is 147 cm³/mol. The van der Waals surface area contributed by atoms with Crippen molar-refractivity contribution in [2.45, 2.75) is 82.3 Å². The van der Waals surface area contributed by atoms with Crippen molar-refractivity contribution in [3.63, 3.8) is 0 Å². The summed E-state index contributed by atoms with van der Waals surface area (Å²) in [5.41, 5.74) is 1.18. The van der Waals surface area contributed by atoms with E-state index in [4.69, 9.17) is 12.2 Å². The minimum absolute atomic E-state index is 0.276. The number of nitrogens with one attached hydrogen (secondary N) is 3. The topological polar surface area (TPSA) is 78.5 Å². The maximum absolute atomic E-state index is 13.0. The molecule has 0 atom stereocenters. The van der Waals surface area contributed by atoms with Crippen LogP contribution in [0.1, 0.15) is 80.5 Å². The number of aromatic amines is 1. The molecular weight excluding hydrogens is 509 g/mol. The summed E-state index contributed by atoms with van der Waals surface area (Å²) in [7, 11) is 0. The summed E-state index contributed by atoms with van der Waals surface area (Å²) in [6.45, 7) is 0. The van der Waals surface area contributed by atoms with Crippen molar-refractivity contribution in [3.8, 4) is 0 Å². The van der Waals surface area contributed by atoms with Gasteiger partial charge in [0.05, 0.1) is 5.56 Å². The van der Waals surface area contributed by atoms with Gasteiger partial charge in [-0.05, 0) is 73.4 Å². The van der Waals surface area contributed by atoms with Crippen LogP contribution in [0.25, 0.3) is 0 Å². The summed E-state index contributed by atoms with van der Waals surface area (Å²) in [6.07, 6.45) is 7.53. The highest BCUT2D eigenvalue weighted by molar-refractivity contribution is 7.80. The first kappa shape index (κ1) is 26.6. The lowest BCUT2D eigenvalue weighted by atomic mass is 9.83. The summed E-state index contributed by atoms with van der Waals surface area (Å²) in [5.74, 6) is 3.07. The van der Waals surface area contributed by atoms with Gasteiger partial charge < -0.3 is 10.6 Å². The third-order valence-electron chi connectivity index (χ3n) is 7.66. The summed E-state index contributed by atoms with van der Waals surface area (Å²) < 4.78 is 39.0. The van der Waals surface area contributed by atoms with Crippen molar-refractivity contribution in [2.75, 3.05) is 10.6 Å². The summed E-state index contributed by atoms with van der Waals surface area (Å²) in [6, 6.07) is 9.65. The van der Waals surface area contributed by atoms with E-state index < -0.39 is 11.7 Å². The number of H-pyrrole nitrogens is 1. The molecule has 3 aromatic rings. The lowest BCUT2D eigenvalue weighted by Crippen LogP contribution is -2.28. The van der Waals surface area contributed by atoms with E-state index >= 15 is 0 Å². The molecule has 202 valence electrons. The number of alkyl halides is 3. The van der Waals surface area contributed by atoms with Gasteiger partial charge >= 0.3 is 6.18 Å². The predicted octanol–water partition coefficient (Wildman–Crippen LogP) is 7.59. The average Bonchev–Trinajstić information content (AvgIpc) is 3.58. The fourth-order valence-corrected chi connectivity index (χ4v) is 6.05. The van der Waals surface area contributed by atoms with E-state index in [0.29, 0.717) is 35.6 Å². The van der Waals surface area contributed by atoms with Crippen LogP contribution < -0.4 is 10.6 Å². The highest BCUT2D eigenvalue weighted by atomic mass is 32.1. The molecule has 0 bridgehead atoms. The number of benzene rings is 1. The largest absolute Gasteiger partial charge is 0.416 e. The van der Waals surface area contributed by atoms with Crippen LogP contribution >= 0.6 is 12.2 Å². The first-order valence-electron chi connectivity index (χ1n) is 13.4.